The first-order chi connectivity index (χ1) is 42.1. The Bertz CT molecular complexity index is 4320. The summed E-state index contributed by atoms with van der Waals surface area (Å²) in [5.41, 5.74) is -2.96. The van der Waals surface area contributed by atoms with Crippen LogP contribution in [0.25, 0.3) is 21.5 Å². The summed E-state index contributed by atoms with van der Waals surface area (Å²) in [6.45, 7) is 6.35. The monoisotopic (exact) mass is 1360 g/mol. The van der Waals surface area contributed by atoms with Gasteiger partial charge < -0.3 is 43.1 Å². The zero-order valence-corrected chi connectivity index (χ0v) is 53.0. The van der Waals surface area contributed by atoms with Crippen LogP contribution in [-0.2, 0) is 109 Å². The standard InChI is InChI=1S/C56H65N3O26S5/c1-5-57-42-11-9-36-38(28-34(87(68,69)70)30-44(36)89(74,75)76)51(42)55(2,15-7-27-86(65,66)67)46(57)32-40-53(63)41(54(40)64)33-47-56(3,16-18-81-21-22-83-25-26-84-24-23-82-20-19-80-4)52-39-29-35(88(71,72)73)31-45(90(77,78)79)37(39)10-12-43(52)58(47)17-6-8-50(62)85-59-48(60)13-14-49(59)61/h9-12,28-33H,5-8,13-27H2,1-4H3,(H5-,63,64,65,66,67,68,69,70,71,72,73,74,75,76,77,78,79). The highest BCUT2D eigenvalue weighted by Gasteiger charge is 2.52. The fourth-order valence-corrected chi connectivity index (χ4v) is 14.9. The minimum atomic E-state index is -5.51. The van der Waals surface area contributed by atoms with Crippen LogP contribution in [0.2, 0.25) is 0 Å². The number of Topliss-reactive ketones (excluding diaryl/α,β-unsaturated/α-hetero) is 1. The fourth-order valence-electron chi connectivity index (χ4n) is 11.7. The molecule has 0 radical (unpaired) electrons. The molecule has 5 N–H and O–H groups in total. The van der Waals surface area contributed by atoms with E-state index >= 15 is 0 Å². The van der Waals surface area contributed by atoms with Crippen molar-refractivity contribution in [2.45, 2.75) is 96.1 Å². The molecule has 1 fully saturated rings. The number of carbonyl (C=O) groups excluding carboxylic acids is 4. The maximum Gasteiger partial charge on any atom is 0.333 e. The Hall–Kier alpha value is -6.48. The van der Waals surface area contributed by atoms with Gasteiger partial charge in [0.15, 0.2) is 5.71 Å². The van der Waals surface area contributed by atoms with Gasteiger partial charge in [0.25, 0.3) is 52.3 Å². The Morgan fingerprint density at radius 1 is 0.656 bits per heavy atom. The first kappa shape index (κ1) is 69.4. The number of ketones is 1. The van der Waals surface area contributed by atoms with Gasteiger partial charge in [-0.15, -0.1) is 5.06 Å². The Kier molecular flexibility index (Phi) is 20.8. The number of rotatable bonds is 31. The lowest BCUT2D eigenvalue weighted by molar-refractivity contribution is -0.438. The highest BCUT2D eigenvalue weighted by molar-refractivity contribution is 7.87. The summed E-state index contributed by atoms with van der Waals surface area (Å²) in [4.78, 5) is 55.7. The normalized spacial score (nSPS) is 20.0. The van der Waals surface area contributed by atoms with E-state index in [9.17, 15) is 89.1 Å². The largest absolute Gasteiger partial charge is 0.744 e. The molecule has 4 aromatic rings. The molecule has 90 heavy (non-hydrogen) atoms. The van der Waals surface area contributed by atoms with E-state index in [2.05, 4.69) is 0 Å². The van der Waals surface area contributed by atoms with Gasteiger partial charge in [-0.1, -0.05) is 6.07 Å². The number of nitrogens with zero attached hydrogens (tertiary/aromatic N) is 3. The fraction of sp³-hybridized carbons (Fsp3) is 0.446. The highest BCUT2D eigenvalue weighted by Crippen LogP contribution is 2.55. The second kappa shape index (κ2) is 27.0. The first-order valence-electron chi connectivity index (χ1n) is 27.8. The molecule has 0 aromatic heterocycles. The van der Waals surface area contributed by atoms with E-state index in [1.54, 1.807) is 37.4 Å². The second-order valence-electron chi connectivity index (χ2n) is 21.7. The zero-order chi connectivity index (χ0) is 66.1. The molecule has 0 bridgehead atoms. The molecular formula is C56H65N3O26S5. The molecule has 490 valence electrons. The number of carbonyl (C=O) groups is 4. The number of aliphatic hydroxyl groups excluding tert-OH is 1. The Morgan fingerprint density at radius 3 is 1.71 bits per heavy atom. The average molecular weight is 1360 g/mol. The summed E-state index contributed by atoms with van der Waals surface area (Å²) in [6, 6.07) is 8.23. The lowest BCUT2D eigenvalue weighted by atomic mass is 9.72. The summed E-state index contributed by atoms with van der Waals surface area (Å²) in [7, 11) is -24.3. The molecule has 1 aliphatic carbocycles. The Morgan fingerprint density at radius 2 is 1.19 bits per heavy atom. The molecule has 0 saturated carbocycles. The van der Waals surface area contributed by atoms with Crippen LogP contribution >= 0.6 is 0 Å². The maximum absolute atomic E-state index is 15.0. The van der Waals surface area contributed by atoms with E-state index in [4.69, 9.17) is 28.5 Å². The molecule has 1 saturated heterocycles. The van der Waals surface area contributed by atoms with Crippen LogP contribution in [0.4, 0.5) is 11.4 Å². The number of imide groups is 1. The van der Waals surface area contributed by atoms with Gasteiger partial charge in [0.05, 0.1) is 96.3 Å². The molecule has 3 heterocycles. The smallest absolute Gasteiger partial charge is 0.333 e. The van der Waals surface area contributed by atoms with Crippen molar-refractivity contribution in [3.05, 3.63) is 94.4 Å². The van der Waals surface area contributed by atoms with Gasteiger partial charge in [0.1, 0.15) is 27.3 Å². The summed E-state index contributed by atoms with van der Waals surface area (Å²) < 4.78 is 210. The molecule has 4 aromatic carbocycles. The number of allylic oxidation sites excluding steroid dienone is 5. The van der Waals surface area contributed by atoms with Gasteiger partial charge in [-0.3, -0.25) is 32.6 Å². The van der Waals surface area contributed by atoms with E-state index in [1.165, 1.54) is 36.4 Å². The van der Waals surface area contributed by atoms with Crippen LogP contribution in [0.15, 0.2) is 103 Å². The SMILES string of the molecule is CCN1C(=CC2=C(O)C(=CC3=[N+](CCCC(=O)ON4C(=O)CCC4=O)c4ccc5c(S(=O)(=O)[O-])cc(S(=O)(=O)O)cc5c4C3(C)CCOCCOCCOCCOCCOC)C2=O)C(C)(CCCS(=O)(=O)O)c2c1ccc1c(S(=O)(=O)O)cc(S(=O)(=O)O)cc21. The van der Waals surface area contributed by atoms with Gasteiger partial charge >= 0.3 is 5.97 Å². The molecule has 29 nitrogen and oxygen atoms in total. The molecule has 8 rings (SSSR count). The number of benzene rings is 4. The summed E-state index contributed by atoms with van der Waals surface area (Å²) in [5.74, 6) is -4.82. The predicted octanol–water partition coefficient (Wildman–Crippen LogP) is 4.15. The summed E-state index contributed by atoms with van der Waals surface area (Å²) in [5, 5.41) is 11.8. The third kappa shape index (κ3) is 14.7. The number of hydrogen-bond donors (Lipinski definition) is 5. The van der Waals surface area contributed by atoms with Crippen LogP contribution < -0.4 is 4.90 Å². The van der Waals surface area contributed by atoms with Gasteiger partial charge in [-0.2, -0.15) is 38.2 Å². The second-order valence-corrected chi connectivity index (χ2v) is 28.8. The van der Waals surface area contributed by atoms with Crippen molar-refractivity contribution in [2.24, 2.45) is 0 Å². The van der Waals surface area contributed by atoms with Crippen molar-refractivity contribution in [1.82, 2.24) is 5.06 Å². The minimum Gasteiger partial charge on any atom is -0.744 e. The van der Waals surface area contributed by atoms with Crippen LogP contribution in [0, 0.1) is 0 Å². The molecule has 4 aliphatic rings. The van der Waals surface area contributed by atoms with Gasteiger partial charge in [-0.25, -0.2) is 13.2 Å². The molecule has 2 atom stereocenters. The summed E-state index contributed by atoms with van der Waals surface area (Å²) in [6.07, 6.45) is 0.897. The van der Waals surface area contributed by atoms with Crippen molar-refractivity contribution >= 4 is 113 Å². The van der Waals surface area contributed by atoms with E-state index in [0.29, 0.717) is 43.6 Å². The highest BCUT2D eigenvalue weighted by atomic mass is 32.2. The molecule has 2 amide bonds. The first-order valence-corrected chi connectivity index (χ1v) is 35.2. The quantitative estimate of drug-likeness (QED) is 0.0155. The average Bonchev–Trinajstić information content (AvgIpc) is 1.52. The lowest BCUT2D eigenvalue weighted by Crippen LogP contribution is -2.35. The van der Waals surface area contributed by atoms with Crippen molar-refractivity contribution in [2.75, 3.05) is 90.3 Å². The van der Waals surface area contributed by atoms with Crippen molar-refractivity contribution < 1.29 is 122 Å². The number of anilines is 1. The van der Waals surface area contributed by atoms with E-state index in [-0.39, 0.29) is 151 Å². The molecule has 34 heteroatoms. The number of hydroxylamine groups is 2. The predicted molar refractivity (Wildman–Crippen MR) is 315 cm³/mol. The number of fused-ring (bicyclic) bond motifs is 6. The topological polar surface area (TPSA) is 428 Å². The molecular weight excluding hydrogens is 1290 g/mol. The van der Waals surface area contributed by atoms with Crippen molar-refractivity contribution in [3.8, 4) is 0 Å². The number of likely N-dealkylation sites (N-methyl/N-ethyl adjacent to an activating group) is 1. The third-order valence-electron chi connectivity index (χ3n) is 15.9. The van der Waals surface area contributed by atoms with E-state index in [0.717, 1.165) is 12.1 Å². The summed E-state index contributed by atoms with van der Waals surface area (Å²) >= 11 is 0. The van der Waals surface area contributed by atoms with Crippen LogP contribution in [0.1, 0.15) is 76.8 Å². The Labute approximate surface area is 518 Å². The van der Waals surface area contributed by atoms with Gasteiger partial charge in [0.2, 0.25) is 11.5 Å². The molecule has 3 aliphatic heterocycles. The van der Waals surface area contributed by atoms with Crippen molar-refractivity contribution in [1.29, 1.82) is 0 Å². The molecule has 2 unspecified atom stereocenters. The molecule has 0 spiro atoms. The lowest BCUT2D eigenvalue weighted by Gasteiger charge is -2.32. The third-order valence-corrected chi connectivity index (χ3v) is 20.1. The minimum absolute atomic E-state index is 0.0129. The number of hydrogen-bond acceptors (Lipinski definition) is 23. The Balaban J connectivity index is 1.26. The van der Waals surface area contributed by atoms with Crippen molar-refractivity contribution in [3.63, 3.8) is 0 Å². The number of ether oxygens (including phenoxy) is 5. The number of amides is 2. The van der Waals surface area contributed by atoms with Gasteiger partial charge in [-0.05, 0) is 98.8 Å². The van der Waals surface area contributed by atoms with Crippen LogP contribution in [-0.4, -0.2) is 194 Å². The van der Waals surface area contributed by atoms with Gasteiger partial charge in [0, 0.05) is 84.8 Å². The zero-order valence-electron chi connectivity index (χ0n) is 48.9. The van der Waals surface area contributed by atoms with E-state index < -0.39 is 123 Å². The van der Waals surface area contributed by atoms with Crippen LogP contribution in [0.3, 0.4) is 0 Å². The number of methoxy groups -OCH3 is 1. The number of aliphatic hydroxyl groups is 1. The van der Waals surface area contributed by atoms with E-state index in [1.807, 2.05) is 0 Å². The van der Waals surface area contributed by atoms with Crippen LogP contribution in [0.5, 0.6) is 0 Å². The maximum atomic E-state index is 15.0.